The van der Waals surface area contributed by atoms with Gasteiger partial charge in [-0.05, 0) is 24.0 Å². The summed E-state index contributed by atoms with van der Waals surface area (Å²) in [4.78, 5) is 0. The predicted octanol–water partition coefficient (Wildman–Crippen LogP) is 3.17. The van der Waals surface area contributed by atoms with E-state index < -0.39 is 0 Å². The second kappa shape index (κ2) is 3.96. The third-order valence-electron chi connectivity index (χ3n) is 2.76. The monoisotopic (exact) mass is 287 g/mol. The van der Waals surface area contributed by atoms with Crippen molar-refractivity contribution in [1.29, 1.82) is 0 Å². The zero-order valence-corrected chi connectivity index (χ0v) is 9.99. The Morgan fingerprint density at radius 3 is 2.77 bits per heavy atom. The molecule has 1 aromatic carbocycles. The molecule has 13 heavy (non-hydrogen) atoms. The Kier molecular flexibility index (Phi) is 2.89. The van der Waals surface area contributed by atoms with Crippen molar-refractivity contribution in [2.24, 2.45) is 0 Å². The van der Waals surface area contributed by atoms with Crippen LogP contribution in [0, 0.1) is 0 Å². The van der Waals surface area contributed by atoms with Crippen LogP contribution in [0.1, 0.15) is 24.5 Å². The summed E-state index contributed by atoms with van der Waals surface area (Å²) in [5.74, 6) is 0. The lowest BCUT2D eigenvalue weighted by Crippen LogP contribution is -2.32. The highest BCUT2D eigenvalue weighted by Crippen LogP contribution is 2.27. The zero-order valence-electron chi connectivity index (χ0n) is 7.83. The maximum Gasteiger partial charge on any atom is 0.0338 e. The van der Waals surface area contributed by atoms with E-state index in [1.54, 1.807) is 5.56 Å². The van der Waals surface area contributed by atoms with Gasteiger partial charge in [0.25, 0.3) is 0 Å². The standard InChI is InChI=1S/C11H14IN/c1-2-11-7-9-5-3-4-6-10(9)8-13(11)12/h3-6,11H,2,7-8H2,1H3/t11-/m0/s1. The van der Waals surface area contributed by atoms with Crippen LogP contribution in [0.3, 0.4) is 0 Å². The van der Waals surface area contributed by atoms with E-state index in [-0.39, 0.29) is 0 Å². The fourth-order valence-electron chi connectivity index (χ4n) is 1.90. The van der Waals surface area contributed by atoms with Crippen LogP contribution in [0.15, 0.2) is 24.3 Å². The van der Waals surface area contributed by atoms with Crippen molar-refractivity contribution in [2.45, 2.75) is 32.4 Å². The van der Waals surface area contributed by atoms with Gasteiger partial charge in [-0.15, -0.1) is 0 Å². The quantitative estimate of drug-likeness (QED) is 0.566. The fourth-order valence-corrected chi connectivity index (χ4v) is 2.86. The van der Waals surface area contributed by atoms with E-state index >= 15 is 0 Å². The van der Waals surface area contributed by atoms with Crippen LogP contribution in [0.4, 0.5) is 0 Å². The largest absolute Gasteiger partial charge is 0.240 e. The average molecular weight is 287 g/mol. The van der Waals surface area contributed by atoms with Gasteiger partial charge in [0.1, 0.15) is 0 Å². The number of hydrogen-bond acceptors (Lipinski definition) is 1. The molecule has 1 aliphatic rings. The molecule has 0 radical (unpaired) electrons. The highest BCUT2D eigenvalue weighted by molar-refractivity contribution is 14.1. The van der Waals surface area contributed by atoms with Gasteiger partial charge in [0, 0.05) is 35.5 Å². The molecule has 0 amide bonds. The van der Waals surface area contributed by atoms with Gasteiger partial charge in [0.05, 0.1) is 0 Å². The third kappa shape index (κ3) is 1.89. The summed E-state index contributed by atoms with van der Waals surface area (Å²) in [6, 6.07) is 9.52. The Hall–Kier alpha value is -0.0900. The van der Waals surface area contributed by atoms with Crippen LogP contribution in [0.2, 0.25) is 0 Å². The van der Waals surface area contributed by atoms with E-state index in [0.717, 1.165) is 12.6 Å². The van der Waals surface area contributed by atoms with Crippen molar-refractivity contribution in [3.8, 4) is 0 Å². The molecule has 0 saturated carbocycles. The lowest BCUT2D eigenvalue weighted by Gasteiger charge is -2.31. The van der Waals surface area contributed by atoms with Crippen LogP contribution >= 0.6 is 22.9 Å². The Balaban J connectivity index is 2.27. The lowest BCUT2D eigenvalue weighted by atomic mass is 9.95. The van der Waals surface area contributed by atoms with E-state index in [4.69, 9.17) is 0 Å². The molecule has 1 atom stereocenters. The molecule has 0 fully saturated rings. The Morgan fingerprint density at radius 2 is 2.08 bits per heavy atom. The predicted molar refractivity (Wildman–Crippen MR) is 63.8 cm³/mol. The molecular formula is C11H14IN. The highest BCUT2D eigenvalue weighted by atomic mass is 127. The van der Waals surface area contributed by atoms with Gasteiger partial charge < -0.3 is 0 Å². The SMILES string of the molecule is CC[C@H]1Cc2ccccc2CN1I. The molecule has 0 aromatic heterocycles. The fraction of sp³-hybridized carbons (Fsp3) is 0.455. The molecule has 1 aromatic rings. The van der Waals surface area contributed by atoms with Crippen molar-refractivity contribution in [3.05, 3.63) is 35.4 Å². The van der Waals surface area contributed by atoms with Crippen LogP contribution in [0.25, 0.3) is 0 Å². The summed E-state index contributed by atoms with van der Waals surface area (Å²) in [5, 5.41) is 0. The molecule has 0 N–H and O–H groups in total. The molecule has 0 spiro atoms. The van der Waals surface area contributed by atoms with E-state index in [2.05, 4.69) is 57.2 Å². The Labute approximate surface area is 93.6 Å². The summed E-state index contributed by atoms with van der Waals surface area (Å²) >= 11 is 2.45. The second-order valence-corrected chi connectivity index (χ2v) is 4.83. The van der Waals surface area contributed by atoms with Crippen LogP contribution in [-0.4, -0.2) is 9.16 Å². The normalized spacial score (nSPS) is 22.8. The van der Waals surface area contributed by atoms with Gasteiger partial charge >= 0.3 is 0 Å². The molecular weight excluding hydrogens is 273 g/mol. The Bertz CT molecular complexity index is 298. The molecule has 1 heterocycles. The molecule has 0 bridgehead atoms. The first kappa shape index (κ1) is 9.46. The molecule has 1 nitrogen and oxygen atoms in total. The highest BCUT2D eigenvalue weighted by Gasteiger charge is 2.22. The van der Waals surface area contributed by atoms with Gasteiger partial charge in [0.15, 0.2) is 0 Å². The maximum absolute atomic E-state index is 2.45. The molecule has 0 saturated heterocycles. The van der Waals surface area contributed by atoms with Crippen molar-refractivity contribution >= 4 is 22.9 Å². The van der Waals surface area contributed by atoms with E-state index in [1.165, 1.54) is 18.4 Å². The second-order valence-electron chi connectivity index (χ2n) is 3.59. The number of halogens is 1. The van der Waals surface area contributed by atoms with Crippen molar-refractivity contribution in [2.75, 3.05) is 0 Å². The maximum atomic E-state index is 2.45. The van der Waals surface area contributed by atoms with Crippen molar-refractivity contribution < 1.29 is 0 Å². The summed E-state index contributed by atoms with van der Waals surface area (Å²) < 4.78 is 2.43. The summed E-state index contributed by atoms with van der Waals surface area (Å²) in [6.07, 6.45) is 2.47. The van der Waals surface area contributed by atoms with E-state index in [0.29, 0.717) is 0 Å². The van der Waals surface area contributed by atoms with Gasteiger partial charge in [-0.3, -0.25) is 0 Å². The number of hydrogen-bond donors (Lipinski definition) is 0. The van der Waals surface area contributed by atoms with Crippen molar-refractivity contribution in [3.63, 3.8) is 0 Å². The van der Waals surface area contributed by atoms with E-state index in [1.807, 2.05) is 0 Å². The Morgan fingerprint density at radius 1 is 1.38 bits per heavy atom. The van der Waals surface area contributed by atoms with Gasteiger partial charge in [-0.1, -0.05) is 31.2 Å². The third-order valence-corrected chi connectivity index (χ3v) is 3.89. The van der Waals surface area contributed by atoms with Crippen molar-refractivity contribution in [1.82, 2.24) is 3.11 Å². The topological polar surface area (TPSA) is 3.24 Å². The number of nitrogens with zero attached hydrogens (tertiary/aromatic N) is 1. The van der Waals surface area contributed by atoms with Gasteiger partial charge in [-0.25, -0.2) is 3.11 Å². The first-order valence-electron chi connectivity index (χ1n) is 4.80. The minimum absolute atomic E-state index is 0.732. The van der Waals surface area contributed by atoms with Gasteiger partial charge in [-0.2, -0.15) is 0 Å². The molecule has 0 unspecified atom stereocenters. The summed E-state index contributed by atoms with van der Waals surface area (Å²) in [6.45, 7) is 3.37. The van der Waals surface area contributed by atoms with E-state index in [9.17, 15) is 0 Å². The lowest BCUT2D eigenvalue weighted by molar-refractivity contribution is 0.341. The minimum atomic E-state index is 0.732. The summed E-state index contributed by atoms with van der Waals surface area (Å²) in [5.41, 5.74) is 3.05. The number of rotatable bonds is 1. The molecule has 1 aliphatic heterocycles. The molecule has 0 aliphatic carbocycles. The molecule has 70 valence electrons. The first-order chi connectivity index (χ1) is 6.31. The number of benzene rings is 1. The van der Waals surface area contributed by atoms with Crippen LogP contribution in [-0.2, 0) is 13.0 Å². The van der Waals surface area contributed by atoms with Crippen LogP contribution in [0.5, 0.6) is 0 Å². The molecule has 2 rings (SSSR count). The minimum Gasteiger partial charge on any atom is -0.240 e. The van der Waals surface area contributed by atoms with Gasteiger partial charge in [0.2, 0.25) is 0 Å². The zero-order chi connectivity index (χ0) is 9.26. The molecule has 2 heteroatoms. The summed E-state index contributed by atoms with van der Waals surface area (Å²) in [7, 11) is 0. The smallest absolute Gasteiger partial charge is 0.0338 e. The first-order valence-corrected chi connectivity index (χ1v) is 5.77. The van der Waals surface area contributed by atoms with Crippen LogP contribution < -0.4 is 0 Å². The number of fused-ring (bicyclic) bond motifs is 1. The average Bonchev–Trinajstić information content (AvgIpc) is 2.17.